The fourth-order valence-corrected chi connectivity index (χ4v) is 2.52. The van der Waals surface area contributed by atoms with Crippen molar-refractivity contribution < 1.29 is 18.3 Å². The summed E-state index contributed by atoms with van der Waals surface area (Å²) in [5.41, 5.74) is 0.512. The molecule has 21 heavy (non-hydrogen) atoms. The van der Waals surface area contributed by atoms with E-state index in [0.717, 1.165) is 24.5 Å². The second-order valence-electron chi connectivity index (χ2n) is 4.93. The van der Waals surface area contributed by atoms with Gasteiger partial charge in [-0.05, 0) is 24.1 Å². The molecule has 7 heteroatoms. The lowest BCUT2D eigenvalue weighted by Gasteiger charge is -2.24. The molecule has 110 valence electrons. The molecule has 1 fully saturated rings. The topological polar surface area (TPSA) is 49.2 Å². The van der Waals surface area contributed by atoms with Crippen molar-refractivity contribution in [2.24, 2.45) is 0 Å². The summed E-state index contributed by atoms with van der Waals surface area (Å²) in [7, 11) is 0. The Bertz CT molecular complexity index is 650. The molecule has 0 spiro atoms. The number of aliphatic hydroxyl groups excluding tert-OH is 1. The van der Waals surface area contributed by atoms with Gasteiger partial charge in [-0.2, -0.15) is 0 Å². The first kappa shape index (κ1) is 13.8. The van der Waals surface area contributed by atoms with E-state index in [1.54, 1.807) is 4.90 Å². The number of rotatable bonds is 2. The number of hydrogen-bond acceptors (Lipinski definition) is 4. The third kappa shape index (κ3) is 2.69. The van der Waals surface area contributed by atoms with Gasteiger partial charge in [0.1, 0.15) is 0 Å². The van der Waals surface area contributed by atoms with E-state index in [1.165, 1.54) is 6.07 Å². The third-order valence-electron chi connectivity index (χ3n) is 3.47. The van der Waals surface area contributed by atoms with Crippen molar-refractivity contribution in [1.82, 2.24) is 9.97 Å². The molecule has 3 rings (SSSR count). The summed E-state index contributed by atoms with van der Waals surface area (Å²) in [6.07, 6.45) is 1.74. The maximum absolute atomic E-state index is 13.4. The minimum atomic E-state index is -0.950. The number of anilines is 1. The van der Waals surface area contributed by atoms with Gasteiger partial charge in [-0.3, -0.25) is 0 Å². The van der Waals surface area contributed by atoms with Gasteiger partial charge >= 0.3 is 0 Å². The molecule has 1 saturated heterocycles. The molecule has 2 atom stereocenters. The molecule has 2 aromatic rings. The molecule has 0 unspecified atom stereocenters. The molecule has 0 saturated carbocycles. The Kier molecular flexibility index (Phi) is 3.50. The van der Waals surface area contributed by atoms with E-state index >= 15 is 0 Å². The molecular formula is C14H12F3N3O. The number of nitrogens with zero attached hydrogens (tertiary/aromatic N) is 3. The van der Waals surface area contributed by atoms with E-state index in [-0.39, 0.29) is 18.5 Å². The van der Waals surface area contributed by atoms with Gasteiger partial charge in [0.2, 0.25) is 5.95 Å². The van der Waals surface area contributed by atoms with Crippen molar-refractivity contribution >= 4 is 5.95 Å². The van der Waals surface area contributed by atoms with E-state index in [2.05, 4.69) is 9.97 Å². The predicted octanol–water partition coefficient (Wildman–Crippen LogP) is 2.21. The zero-order chi connectivity index (χ0) is 15.0. The molecule has 2 heterocycles. The zero-order valence-electron chi connectivity index (χ0n) is 10.9. The maximum Gasteiger partial charge on any atom is 0.226 e. The molecule has 1 aromatic heterocycles. The smallest absolute Gasteiger partial charge is 0.226 e. The standard InChI is InChI=1S/C14H12F3N3O/c15-9-5-18-14(19-6-9)20-7-10(21)4-13(20)8-1-2-11(16)12(17)3-8/h1-3,5-6,10,13,21H,4,7H2/t10-,13-/m0/s1. The molecule has 1 aliphatic heterocycles. The first-order valence-corrected chi connectivity index (χ1v) is 6.42. The summed E-state index contributed by atoms with van der Waals surface area (Å²) in [6.45, 7) is 0.245. The molecular weight excluding hydrogens is 283 g/mol. The Labute approximate surface area is 118 Å². The van der Waals surface area contributed by atoms with Gasteiger partial charge in [0, 0.05) is 6.54 Å². The second-order valence-corrected chi connectivity index (χ2v) is 4.93. The van der Waals surface area contributed by atoms with Crippen LogP contribution in [0.25, 0.3) is 0 Å². The van der Waals surface area contributed by atoms with Crippen LogP contribution in [-0.2, 0) is 0 Å². The summed E-state index contributed by atoms with van der Waals surface area (Å²) in [5.74, 6) is -2.21. The van der Waals surface area contributed by atoms with Gasteiger partial charge in [-0.25, -0.2) is 23.1 Å². The van der Waals surface area contributed by atoms with Crippen LogP contribution < -0.4 is 4.90 Å². The highest BCUT2D eigenvalue weighted by molar-refractivity contribution is 5.39. The van der Waals surface area contributed by atoms with E-state index in [1.807, 2.05) is 0 Å². The van der Waals surface area contributed by atoms with E-state index < -0.39 is 23.6 Å². The van der Waals surface area contributed by atoms with Crippen molar-refractivity contribution in [1.29, 1.82) is 0 Å². The number of aromatic nitrogens is 2. The van der Waals surface area contributed by atoms with Gasteiger partial charge in [0.25, 0.3) is 0 Å². The van der Waals surface area contributed by atoms with Crippen LogP contribution >= 0.6 is 0 Å². The van der Waals surface area contributed by atoms with Gasteiger partial charge in [-0.15, -0.1) is 0 Å². The monoisotopic (exact) mass is 295 g/mol. The van der Waals surface area contributed by atoms with Crippen LogP contribution in [0.5, 0.6) is 0 Å². The fourth-order valence-electron chi connectivity index (χ4n) is 2.52. The SMILES string of the molecule is O[C@H]1C[C@@H](c2ccc(F)c(F)c2)N(c2ncc(F)cn2)C1. The molecule has 0 radical (unpaired) electrons. The van der Waals surface area contributed by atoms with Crippen molar-refractivity contribution in [2.75, 3.05) is 11.4 Å². The number of β-amino-alcohol motifs (C(OH)–C–C–N with tert-alkyl or cyclic N) is 1. The van der Waals surface area contributed by atoms with Crippen LogP contribution in [0.4, 0.5) is 19.1 Å². The van der Waals surface area contributed by atoms with E-state index in [0.29, 0.717) is 12.0 Å². The van der Waals surface area contributed by atoms with Crippen molar-refractivity contribution in [3.63, 3.8) is 0 Å². The molecule has 1 N–H and O–H groups in total. The van der Waals surface area contributed by atoms with Gasteiger partial charge in [-0.1, -0.05) is 6.07 Å². The van der Waals surface area contributed by atoms with Crippen LogP contribution in [0.3, 0.4) is 0 Å². The van der Waals surface area contributed by atoms with Gasteiger partial charge in [0.05, 0.1) is 24.5 Å². The average molecular weight is 295 g/mol. The summed E-state index contributed by atoms with van der Waals surface area (Å²) < 4.78 is 39.3. The molecule has 4 nitrogen and oxygen atoms in total. The number of benzene rings is 1. The summed E-state index contributed by atoms with van der Waals surface area (Å²) in [6, 6.07) is 3.20. The van der Waals surface area contributed by atoms with Crippen LogP contribution in [0.1, 0.15) is 18.0 Å². The highest BCUT2D eigenvalue weighted by atomic mass is 19.2. The van der Waals surface area contributed by atoms with Crippen molar-refractivity contribution in [3.8, 4) is 0 Å². The first-order valence-electron chi connectivity index (χ1n) is 6.42. The zero-order valence-corrected chi connectivity index (χ0v) is 10.9. The predicted molar refractivity (Wildman–Crippen MR) is 69.1 cm³/mol. The summed E-state index contributed by atoms with van der Waals surface area (Å²) >= 11 is 0. The highest BCUT2D eigenvalue weighted by Crippen LogP contribution is 2.34. The Balaban J connectivity index is 1.95. The van der Waals surface area contributed by atoms with Crippen LogP contribution in [0.2, 0.25) is 0 Å². The lowest BCUT2D eigenvalue weighted by molar-refractivity contribution is 0.194. The summed E-state index contributed by atoms with van der Waals surface area (Å²) in [4.78, 5) is 9.39. The Morgan fingerprint density at radius 1 is 1.10 bits per heavy atom. The van der Waals surface area contributed by atoms with E-state index in [9.17, 15) is 18.3 Å². The quantitative estimate of drug-likeness (QED) is 0.923. The normalized spacial score (nSPS) is 21.8. The molecule has 0 amide bonds. The van der Waals surface area contributed by atoms with Gasteiger partial charge in [0.15, 0.2) is 17.5 Å². The maximum atomic E-state index is 13.4. The first-order chi connectivity index (χ1) is 10.0. The average Bonchev–Trinajstić information content (AvgIpc) is 2.85. The molecule has 0 bridgehead atoms. The summed E-state index contributed by atoms with van der Waals surface area (Å²) in [5, 5.41) is 9.83. The Hall–Kier alpha value is -2.15. The lowest BCUT2D eigenvalue weighted by Crippen LogP contribution is -2.26. The molecule has 1 aliphatic rings. The van der Waals surface area contributed by atoms with Crippen LogP contribution in [0, 0.1) is 17.5 Å². The van der Waals surface area contributed by atoms with Crippen molar-refractivity contribution in [3.05, 3.63) is 53.6 Å². The van der Waals surface area contributed by atoms with Crippen LogP contribution in [0.15, 0.2) is 30.6 Å². The lowest BCUT2D eigenvalue weighted by atomic mass is 10.0. The third-order valence-corrected chi connectivity index (χ3v) is 3.47. The molecule has 0 aliphatic carbocycles. The number of aliphatic hydroxyl groups is 1. The Morgan fingerprint density at radius 3 is 2.48 bits per heavy atom. The number of hydrogen-bond donors (Lipinski definition) is 1. The Morgan fingerprint density at radius 2 is 1.81 bits per heavy atom. The number of halogens is 3. The largest absolute Gasteiger partial charge is 0.391 e. The minimum absolute atomic E-state index is 0.239. The second kappa shape index (κ2) is 5.33. The molecule has 1 aromatic carbocycles. The fraction of sp³-hybridized carbons (Fsp3) is 0.286. The highest BCUT2D eigenvalue weighted by Gasteiger charge is 2.34. The van der Waals surface area contributed by atoms with Crippen LogP contribution in [-0.4, -0.2) is 27.7 Å². The van der Waals surface area contributed by atoms with Crippen molar-refractivity contribution in [2.45, 2.75) is 18.6 Å². The van der Waals surface area contributed by atoms with Gasteiger partial charge < -0.3 is 10.0 Å². The minimum Gasteiger partial charge on any atom is -0.391 e. The van der Waals surface area contributed by atoms with E-state index in [4.69, 9.17) is 0 Å².